The molecular weight excluding hydrogens is 829 g/mol. The maximum absolute atomic E-state index is 12.9. The van der Waals surface area contributed by atoms with Crippen molar-refractivity contribution in [3.05, 3.63) is 143 Å². The van der Waals surface area contributed by atoms with Crippen molar-refractivity contribution in [3.8, 4) is 11.5 Å². The summed E-state index contributed by atoms with van der Waals surface area (Å²) in [5, 5.41) is 29.0. The number of hydrogen-bond donors (Lipinski definition) is 7. The predicted octanol–water partition coefficient (Wildman–Crippen LogP) is 5.30. The van der Waals surface area contributed by atoms with Crippen LogP contribution in [0.2, 0.25) is 0 Å². The van der Waals surface area contributed by atoms with E-state index in [0.29, 0.717) is 68.3 Å². The second-order valence-electron chi connectivity index (χ2n) is 16.8. The molecule has 65 heavy (non-hydrogen) atoms. The van der Waals surface area contributed by atoms with E-state index in [9.17, 15) is 19.2 Å². The van der Waals surface area contributed by atoms with Gasteiger partial charge in [-0.2, -0.15) is 0 Å². The SMILES string of the molecule is Cc1cc(COc2ccc(C(=O)NC3(CC(=O)NO)CCN(C)C3)cc2)c2ccccc2n1.Cc1cc(COc2ccc(C(=O)NC3(CC(=O)NO)CCNC3)cc2)c2ccccc2n1. The van der Waals surface area contributed by atoms with E-state index >= 15 is 0 Å². The number of hydrogen-bond acceptors (Lipinski definition) is 12. The number of nitrogens with zero attached hydrogens (tertiary/aromatic N) is 3. The standard InChI is InChI=1S/C25H28N4O4.C24H26N4O4/c1-17-13-19(21-5-3-4-6-22(21)26-17)15-33-20-9-7-18(8-10-20)24(31)27-25(14-23(30)28-32)11-12-29(2)16-25;1-16-12-18(20-4-2-3-5-21(20)26-16)14-32-19-8-6-17(7-9-19)23(30)27-24(10-11-25-15-24)13-22(29)28-31/h3-10,13,32H,11-12,14-16H2,1-2H3,(H,27,31)(H,28,30);2-9,12,25,31H,10-11,13-15H2,1H3,(H,27,30)(H,28,29). The Morgan fingerprint density at radius 1 is 0.662 bits per heavy atom. The van der Waals surface area contributed by atoms with Crippen LogP contribution in [-0.2, 0) is 22.8 Å². The third kappa shape index (κ3) is 11.8. The van der Waals surface area contributed by atoms with Crippen LogP contribution in [0, 0.1) is 13.8 Å². The van der Waals surface area contributed by atoms with Crippen LogP contribution in [-0.4, -0.2) is 93.2 Å². The Morgan fingerprint density at radius 3 is 1.55 bits per heavy atom. The summed E-state index contributed by atoms with van der Waals surface area (Å²) in [6, 6.07) is 33.8. The largest absolute Gasteiger partial charge is 0.489 e. The molecule has 4 aromatic carbocycles. The van der Waals surface area contributed by atoms with E-state index in [4.69, 9.17) is 19.9 Å². The van der Waals surface area contributed by atoms with Gasteiger partial charge in [0.1, 0.15) is 24.7 Å². The number of ether oxygens (including phenoxy) is 2. The number of amides is 4. The number of rotatable bonds is 14. The molecule has 0 spiro atoms. The van der Waals surface area contributed by atoms with Crippen molar-refractivity contribution < 1.29 is 39.1 Å². The molecule has 2 unspecified atom stereocenters. The number of nitrogens with one attached hydrogen (secondary N) is 5. The van der Waals surface area contributed by atoms with Gasteiger partial charge >= 0.3 is 0 Å². The number of aryl methyl sites for hydroxylation is 2. The molecule has 2 aliphatic rings. The van der Waals surface area contributed by atoms with E-state index in [1.165, 1.54) is 0 Å². The smallest absolute Gasteiger partial charge is 0.251 e. The van der Waals surface area contributed by atoms with Crippen molar-refractivity contribution in [2.24, 2.45) is 0 Å². The molecule has 2 aliphatic heterocycles. The van der Waals surface area contributed by atoms with Gasteiger partial charge in [-0.15, -0.1) is 0 Å². The summed E-state index contributed by atoms with van der Waals surface area (Å²) in [4.78, 5) is 60.3. The second-order valence-corrected chi connectivity index (χ2v) is 16.8. The fraction of sp³-hybridized carbons (Fsp3) is 0.306. The van der Waals surface area contributed by atoms with Gasteiger partial charge in [0, 0.05) is 64.0 Å². The molecule has 0 radical (unpaired) electrons. The van der Waals surface area contributed by atoms with E-state index in [0.717, 1.165) is 50.9 Å². The van der Waals surface area contributed by atoms with Gasteiger partial charge in [-0.05, 0) is 113 Å². The highest BCUT2D eigenvalue weighted by Gasteiger charge is 2.40. The zero-order chi connectivity index (χ0) is 46.0. The van der Waals surface area contributed by atoms with Gasteiger partial charge < -0.3 is 30.3 Å². The number of carbonyl (C=O) groups is 4. The lowest BCUT2D eigenvalue weighted by atomic mass is 9.93. The molecule has 7 N–H and O–H groups in total. The lowest BCUT2D eigenvalue weighted by molar-refractivity contribution is -0.131. The minimum Gasteiger partial charge on any atom is -0.489 e. The van der Waals surface area contributed by atoms with Crippen LogP contribution in [0.4, 0.5) is 0 Å². The first-order valence-electron chi connectivity index (χ1n) is 21.4. The topological polar surface area (TPSA) is 216 Å². The molecule has 2 saturated heterocycles. The first kappa shape index (κ1) is 46.0. The van der Waals surface area contributed by atoms with Crippen LogP contribution in [0.1, 0.15) is 68.9 Å². The van der Waals surface area contributed by atoms with Crippen molar-refractivity contribution in [2.45, 2.75) is 63.8 Å². The fourth-order valence-electron chi connectivity index (χ4n) is 8.49. The summed E-state index contributed by atoms with van der Waals surface area (Å²) in [7, 11) is 1.93. The van der Waals surface area contributed by atoms with Gasteiger partial charge in [0.15, 0.2) is 0 Å². The van der Waals surface area contributed by atoms with Gasteiger partial charge in [-0.1, -0.05) is 36.4 Å². The van der Waals surface area contributed by atoms with Crippen molar-refractivity contribution in [3.63, 3.8) is 0 Å². The van der Waals surface area contributed by atoms with Gasteiger partial charge in [-0.25, -0.2) is 11.0 Å². The van der Waals surface area contributed by atoms with Crippen LogP contribution in [0.3, 0.4) is 0 Å². The van der Waals surface area contributed by atoms with Crippen LogP contribution >= 0.6 is 0 Å². The zero-order valence-electron chi connectivity index (χ0n) is 36.6. The van der Waals surface area contributed by atoms with Gasteiger partial charge in [-0.3, -0.25) is 39.6 Å². The molecule has 16 heteroatoms. The molecule has 0 aliphatic carbocycles. The Morgan fingerprint density at radius 2 is 1.12 bits per heavy atom. The van der Waals surface area contributed by atoms with Gasteiger partial charge in [0.25, 0.3) is 11.8 Å². The monoisotopic (exact) mass is 882 g/mol. The second kappa shape index (κ2) is 20.7. The maximum atomic E-state index is 12.9. The average Bonchev–Trinajstić information content (AvgIpc) is 3.92. The van der Waals surface area contributed by atoms with E-state index in [1.54, 1.807) is 59.5 Å². The zero-order valence-corrected chi connectivity index (χ0v) is 36.6. The first-order valence-corrected chi connectivity index (χ1v) is 21.4. The summed E-state index contributed by atoms with van der Waals surface area (Å²) < 4.78 is 11.9. The van der Waals surface area contributed by atoms with Crippen molar-refractivity contribution >= 4 is 45.4 Å². The predicted molar refractivity (Wildman–Crippen MR) is 244 cm³/mol. The number of likely N-dealkylation sites (N-methyl/N-ethyl adjacent to an activating group) is 1. The highest BCUT2D eigenvalue weighted by Crippen LogP contribution is 2.27. The summed E-state index contributed by atoms with van der Waals surface area (Å²) in [5.41, 5.74) is 8.65. The quantitative estimate of drug-likeness (QED) is 0.0548. The molecule has 8 rings (SSSR count). The van der Waals surface area contributed by atoms with Gasteiger partial charge in [0.05, 0.1) is 35.0 Å². The Kier molecular flexibility index (Phi) is 14.6. The molecular formula is C49H54N8O8. The van der Waals surface area contributed by atoms with Crippen molar-refractivity contribution in [1.82, 2.24) is 41.8 Å². The average molecular weight is 883 g/mol. The van der Waals surface area contributed by atoms with Crippen LogP contribution in [0.15, 0.2) is 109 Å². The number of pyridine rings is 2. The summed E-state index contributed by atoms with van der Waals surface area (Å²) in [6.45, 7) is 7.15. The lowest BCUT2D eigenvalue weighted by Gasteiger charge is -2.29. The highest BCUT2D eigenvalue weighted by molar-refractivity contribution is 5.96. The molecule has 16 nitrogen and oxygen atoms in total. The third-order valence-electron chi connectivity index (χ3n) is 11.7. The molecule has 0 saturated carbocycles. The number of para-hydroxylation sites is 2. The number of carbonyl (C=O) groups excluding carboxylic acids is 4. The van der Waals surface area contributed by atoms with E-state index < -0.39 is 22.9 Å². The molecule has 4 amide bonds. The molecule has 0 bridgehead atoms. The Balaban J connectivity index is 0.000000194. The molecule has 2 aromatic heterocycles. The van der Waals surface area contributed by atoms with Gasteiger partial charge in [0.2, 0.25) is 11.8 Å². The Bertz CT molecular complexity index is 2650. The number of aromatic nitrogens is 2. The third-order valence-corrected chi connectivity index (χ3v) is 11.7. The highest BCUT2D eigenvalue weighted by atomic mass is 16.5. The fourth-order valence-corrected chi connectivity index (χ4v) is 8.49. The molecule has 4 heterocycles. The number of fused-ring (bicyclic) bond motifs is 2. The summed E-state index contributed by atoms with van der Waals surface area (Å²) in [6.07, 6.45) is 1.25. The Labute approximate surface area is 376 Å². The van der Waals surface area contributed by atoms with Crippen LogP contribution in [0.5, 0.6) is 11.5 Å². The molecule has 6 aromatic rings. The Hall–Kier alpha value is -6.98. The van der Waals surface area contributed by atoms with E-state index in [2.05, 4.69) is 25.9 Å². The maximum Gasteiger partial charge on any atom is 0.251 e. The number of likely N-dealkylation sites (tertiary alicyclic amines) is 1. The van der Waals surface area contributed by atoms with Crippen molar-refractivity contribution in [2.75, 3.05) is 33.2 Å². The summed E-state index contributed by atoms with van der Waals surface area (Å²) in [5.74, 6) is -0.290. The van der Waals surface area contributed by atoms with Crippen LogP contribution < -0.4 is 36.4 Å². The minimum absolute atomic E-state index is 0.00272. The summed E-state index contributed by atoms with van der Waals surface area (Å²) >= 11 is 0. The van der Waals surface area contributed by atoms with E-state index in [1.807, 2.05) is 86.5 Å². The lowest BCUT2D eigenvalue weighted by Crippen LogP contribution is -2.52. The van der Waals surface area contributed by atoms with Crippen LogP contribution in [0.25, 0.3) is 21.8 Å². The first-order chi connectivity index (χ1) is 31.3. The molecule has 2 fully saturated rings. The minimum atomic E-state index is -0.723. The number of benzene rings is 4. The van der Waals surface area contributed by atoms with Crippen molar-refractivity contribution in [1.29, 1.82) is 0 Å². The molecule has 2 atom stereocenters. The number of hydroxylamine groups is 2. The molecule has 338 valence electrons. The van der Waals surface area contributed by atoms with E-state index in [-0.39, 0.29) is 24.7 Å². The normalized spacial score (nSPS) is 18.0.